The van der Waals surface area contributed by atoms with Crippen molar-refractivity contribution >= 4 is 28.6 Å². The zero-order valence-electron chi connectivity index (χ0n) is 17.8. The number of carbonyl (C=O) groups excluding carboxylic acids is 1. The van der Waals surface area contributed by atoms with E-state index in [9.17, 15) is 4.79 Å². The summed E-state index contributed by atoms with van der Waals surface area (Å²) >= 11 is 0. The summed E-state index contributed by atoms with van der Waals surface area (Å²) in [6, 6.07) is 11.3. The highest BCUT2D eigenvalue weighted by atomic mass is 79.9. The number of Topliss-reactive ketones (excluding diaryl/α,β-unsaturated/α-hetero) is 1. The number of aromatic nitrogens is 1. The summed E-state index contributed by atoms with van der Waals surface area (Å²) < 4.78 is 5.54. The van der Waals surface area contributed by atoms with Crippen molar-refractivity contribution < 1.29 is 9.53 Å². The van der Waals surface area contributed by atoms with Gasteiger partial charge in [-0.3, -0.25) is 10.2 Å². The van der Waals surface area contributed by atoms with E-state index in [1.807, 2.05) is 52.0 Å². The van der Waals surface area contributed by atoms with Crippen LogP contribution in [0.25, 0.3) is 0 Å². The van der Waals surface area contributed by atoms with Gasteiger partial charge in [0.25, 0.3) is 0 Å². The van der Waals surface area contributed by atoms with E-state index in [0.29, 0.717) is 29.4 Å². The lowest BCUT2D eigenvalue weighted by molar-refractivity contribution is 0.0962. The van der Waals surface area contributed by atoms with Gasteiger partial charge in [0.1, 0.15) is 23.3 Å². The average molecular weight is 471 g/mol. The Kier molecular flexibility index (Phi) is 7.38. The van der Waals surface area contributed by atoms with Crippen LogP contribution in [0.3, 0.4) is 0 Å². The third kappa shape index (κ3) is 4.88. The Morgan fingerprint density at radius 1 is 1.30 bits per heavy atom. The summed E-state index contributed by atoms with van der Waals surface area (Å²) in [5, 5.41) is 17.2. The fourth-order valence-corrected chi connectivity index (χ4v) is 3.42. The van der Waals surface area contributed by atoms with Gasteiger partial charge in [-0.25, -0.2) is 4.98 Å². The molecule has 0 fully saturated rings. The Morgan fingerprint density at radius 3 is 2.67 bits per heavy atom. The maximum absolute atomic E-state index is 13.0. The molecule has 1 aromatic heterocycles. The molecule has 0 spiro atoms. The Bertz CT molecular complexity index is 1010. The fraction of sp³-hybridized carbons (Fsp3) is 0.391. The minimum atomic E-state index is -0.238. The van der Waals surface area contributed by atoms with Crippen molar-refractivity contribution in [2.24, 2.45) is 0 Å². The van der Waals surface area contributed by atoms with Crippen molar-refractivity contribution in [3.63, 3.8) is 0 Å². The third-order valence-corrected chi connectivity index (χ3v) is 5.04. The van der Waals surface area contributed by atoms with Gasteiger partial charge >= 0.3 is 0 Å². The van der Waals surface area contributed by atoms with Crippen LogP contribution in [0.1, 0.15) is 60.6 Å². The smallest absolute Gasteiger partial charge is 0.182 e. The van der Waals surface area contributed by atoms with Crippen molar-refractivity contribution in [3.05, 3.63) is 58.4 Å². The quantitative estimate of drug-likeness (QED) is 0.629. The summed E-state index contributed by atoms with van der Waals surface area (Å²) in [5.74, 6) is 0.859. The molecule has 1 N–H and O–H groups in total. The second-order valence-corrected chi connectivity index (χ2v) is 8.20. The van der Waals surface area contributed by atoms with Crippen LogP contribution in [0.4, 0.5) is 0 Å². The normalized spacial score (nSPS) is 12.8. The van der Waals surface area contributed by atoms with Crippen LogP contribution in [-0.2, 0) is 18.4 Å². The molecule has 0 saturated carbocycles. The van der Waals surface area contributed by atoms with E-state index in [1.54, 1.807) is 17.0 Å². The monoisotopic (exact) mass is 470 g/mol. The number of amidine groups is 1. The van der Waals surface area contributed by atoms with Crippen molar-refractivity contribution in [2.45, 2.75) is 46.1 Å². The maximum atomic E-state index is 13.0. The number of nitriles is 1. The number of hydrogen-bond acceptors (Lipinski definition) is 5. The molecule has 3 rings (SSSR count). The van der Waals surface area contributed by atoms with Crippen LogP contribution in [0.2, 0.25) is 0 Å². The van der Waals surface area contributed by atoms with Crippen LogP contribution in [0, 0.1) is 16.7 Å². The van der Waals surface area contributed by atoms with Crippen LogP contribution >= 0.6 is 17.0 Å². The van der Waals surface area contributed by atoms with E-state index in [1.165, 1.54) is 0 Å². The summed E-state index contributed by atoms with van der Waals surface area (Å²) in [6.45, 7) is 8.77. The van der Waals surface area contributed by atoms with E-state index in [2.05, 4.69) is 4.98 Å². The maximum Gasteiger partial charge on any atom is 0.182 e. The fourth-order valence-electron chi connectivity index (χ4n) is 3.42. The Balaban J connectivity index is 0.00000320. The SMILES string of the molecule is Br.CCc1ccc2c(n1)C(=N)N(CC(=O)c1ccc(OCC#N)c(C(C)(C)C)c1)C2. The number of hydrogen-bond donors (Lipinski definition) is 1. The second-order valence-electron chi connectivity index (χ2n) is 8.20. The van der Waals surface area contributed by atoms with Gasteiger partial charge in [0, 0.05) is 28.9 Å². The first-order valence-electron chi connectivity index (χ1n) is 9.74. The highest BCUT2D eigenvalue weighted by molar-refractivity contribution is 8.93. The second kappa shape index (κ2) is 9.40. The van der Waals surface area contributed by atoms with Crippen LogP contribution in [0.15, 0.2) is 30.3 Å². The highest BCUT2D eigenvalue weighted by Gasteiger charge is 2.28. The molecule has 7 heteroatoms. The lowest BCUT2D eigenvalue weighted by Gasteiger charge is -2.23. The molecular formula is C23H27BrN4O2. The first-order chi connectivity index (χ1) is 13.7. The van der Waals surface area contributed by atoms with Crippen LogP contribution < -0.4 is 4.74 Å². The topological polar surface area (TPSA) is 90.1 Å². The number of aryl methyl sites for hydroxylation is 1. The number of carbonyl (C=O) groups is 1. The van der Waals surface area contributed by atoms with Crippen molar-refractivity contribution in [1.82, 2.24) is 9.88 Å². The standard InChI is InChI=1S/C23H26N4O2.BrH/c1-5-17-8-6-16-13-27(22(25)21(16)26-17)14-19(28)15-7-9-20(29-11-10-24)18(12-15)23(2,3)4;/h6-9,12,25H,5,11,13-14H2,1-4H3;1H. The average Bonchev–Trinajstić information content (AvgIpc) is 3.00. The molecule has 0 saturated heterocycles. The number of pyridine rings is 1. The molecule has 1 aliphatic rings. The van der Waals surface area contributed by atoms with E-state index in [4.69, 9.17) is 15.4 Å². The summed E-state index contributed by atoms with van der Waals surface area (Å²) in [4.78, 5) is 19.3. The molecule has 2 aromatic rings. The molecule has 1 aromatic carbocycles. The number of ketones is 1. The molecule has 1 aliphatic heterocycles. The van der Waals surface area contributed by atoms with Gasteiger partial charge in [-0.2, -0.15) is 5.26 Å². The minimum Gasteiger partial charge on any atom is -0.478 e. The molecule has 0 amide bonds. The molecule has 0 bridgehead atoms. The zero-order chi connectivity index (χ0) is 21.2. The van der Waals surface area contributed by atoms with Gasteiger partial charge in [-0.05, 0) is 36.1 Å². The van der Waals surface area contributed by atoms with Gasteiger partial charge in [0.2, 0.25) is 0 Å². The number of rotatable bonds is 6. The van der Waals surface area contributed by atoms with E-state index < -0.39 is 0 Å². The molecule has 6 nitrogen and oxygen atoms in total. The molecule has 30 heavy (non-hydrogen) atoms. The molecule has 0 radical (unpaired) electrons. The van der Waals surface area contributed by atoms with E-state index >= 15 is 0 Å². The molecule has 158 valence electrons. The van der Waals surface area contributed by atoms with Gasteiger partial charge < -0.3 is 9.64 Å². The Hall–Kier alpha value is -2.72. The van der Waals surface area contributed by atoms with Crippen LogP contribution in [0.5, 0.6) is 5.75 Å². The number of nitrogens with one attached hydrogen (secondary N) is 1. The van der Waals surface area contributed by atoms with E-state index in [0.717, 1.165) is 23.2 Å². The molecule has 0 atom stereocenters. The number of benzene rings is 1. The first-order valence-corrected chi connectivity index (χ1v) is 9.74. The van der Waals surface area contributed by atoms with Crippen molar-refractivity contribution in [1.29, 1.82) is 10.7 Å². The molecule has 0 aliphatic carbocycles. The molecule has 2 heterocycles. The first kappa shape index (κ1) is 23.6. The number of halogens is 1. The lowest BCUT2D eigenvalue weighted by Crippen LogP contribution is -2.30. The van der Waals surface area contributed by atoms with E-state index in [-0.39, 0.29) is 41.3 Å². The largest absolute Gasteiger partial charge is 0.478 e. The van der Waals surface area contributed by atoms with Gasteiger partial charge in [0.05, 0.1) is 6.54 Å². The molecular weight excluding hydrogens is 444 g/mol. The van der Waals surface area contributed by atoms with Gasteiger partial charge in [0.15, 0.2) is 12.4 Å². The Labute approximate surface area is 188 Å². The Morgan fingerprint density at radius 2 is 2.03 bits per heavy atom. The molecule has 0 unspecified atom stereocenters. The van der Waals surface area contributed by atoms with Gasteiger partial charge in [-0.15, -0.1) is 17.0 Å². The summed E-state index contributed by atoms with van der Waals surface area (Å²) in [7, 11) is 0. The summed E-state index contributed by atoms with van der Waals surface area (Å²) in [5.41, 5.74) is 3.82. The lowest BCUT2D eigenvalue weighted by atomic mass is 9.85. The number of ether oxygens (including phenoxy) is 1. The minimum absolute atomic E-state index is 0. The number of nitrogens with zero attached hydrogens (tertiary/aromatic N) is 3. The van der Waals surface area contributed by atoms with Crippen LogP contribution in [-0.4, -0.2) is 34.7 Å². The van der Waals surface area contributed by atoms with Gasteiger partial charge in [-0.1, -0.05) is 33.8 Å². The highest BCUT2D eigenvalue weighted by Crippen LogP contribution is 2.32. The third-order valence-electron chi connectivity index (χ3n) is 5.04. The predicted molar refractivity (Wildman–Crippen MR) is 122 cm³/mol. The predicted octanol–water partition coefficient (Wildman–Crippen LogP) is 4.45. The number of fused-ring (bicyclic) bond motifs is 1. The summed E-state index contributed by atoms with van der Waals surface area (Å²) in [6.07, 6.45) is 0.815. The van der Waals surface area contributed by atoms with Crippen molar-refractivity contribution in [3.8, 4) is 11.8 Å². The zero-order valence-corrected chi connectivity index (χ0v) is 19.5. The van der Waals surface area contributed by atoms with Crippen molar-refractivity contribution in [2.75, 3.05) is 13.2 Å².